The first-order valence-electron chi connectivity index (χ1n) is 8.49. The van der Waals surface area contributed by atoms with Gasteiger partial charge in [-0.2, -0.15) is 0 Å². The third kappa shape index (κ3) is 4.92. The summed E-state index contributed by atoms with van der Waals surface area (Å²) in [6, 6.07) is 6.51. The van der Waals surface area contributed by atoms with Crippen molar-refractivity contribution in [1.29, 1.82) is 0 Å². The lowest BCUT2D eigenvalue weighted by Gasteiger charge is -2.25. The fourth-order valence-electron chi connectivity index (χ4n) is 3.03. The van der Waals surface area contributed by atoms with E-state index in [1.807, 2.05) is 13.8 Å². The van der Waals surface area contributed by atoms with Gasteiger partial charge in [-0.05, 0) is 49.5 Å². The van der Waals surface area contributed by atoms with Crippen molar-refractivity contribution in [1.82, 2.24) is 5.09 Å². The molecular formula is C19H27BrNO2P. The van der Waals surface area contributed by atoms with Crippen LogP contribution < -0.4 is 5.09 Å². The summed E-state index contributed by atoms with van der Waals surface area (Å²) in [5.41, 5.74) is 6.11. The van der Waals surface area contributed by atoms with Gasteiger partial charge in [0.15, 0.2) is 0 Å². The van der Waals surface area contributed by atoms with E-state index >= 15 is 0 Å². The van der Waals surface area contributed by atoms with Crippen molar-refractivity contribution >= 4 is 29.0 Å². The summed E-state index contributed by atoms with van der Waals surface area (Å²) in [6.07, 6.45) is 5.55. The van der Waals surface area contributed by atoms with Crippen LogP contribution >= 0.6 is 23.4 Å². The summed E-state index contributed by atoms with van der Waals surface area (Å²) < 4.78 is 18.7. The van der Waals surface area contributed by atoms with Crippen LogP contribution in [-0.4, -0.2) is 24.1 Å². The second-order valence-corrected chi connectivity index (χ2v) is 9.58. The minimum absolute atomic E-state index is 0.307. The number of aryl methyl sites for hydroxylation is 2. The topological polar surface area (TPSA) is 38.3 Å². The summed E-state index contributed by atoms with van der Waals surface area (Å²) in [7, 11) is -2.87. The Kier molecular flexibility index (Phi) is 7.06. The van der Waals surface area contributed by atoms with Crippen LogP contribution in [0.25, 0.3) is 5.57 Å². The Bertz CT molecular complexity index is 687. The Morgan fingerprint density at radius 2 is 2.08 bits per heavy atom. The number of benzene rings is 1. The second-order valence-electron chi connectivity index (χ2n) is 6.16. The maximum absolute atomic E-state index is 13.1. The smallest absolute Gasteiger partial charge is 0.274 e. The highest BCUT2D eigenvalue weighted by Gasteiger charge is 2.26. The van der Waals surface area contributed by atoms with Crippen LogP contribution in [0.5, 0.6) is 0 Å². The molecule has 1 N–H and O–H groups in total. The lowest BCUT2D eigenvalue weighted by Crippen LogP contribution is -2.17. The summed E-state index contributed by atoms with van der Waals surface area (Å²) in [5, 5.41) is 3.07. The van der Waals surface area contributed by atoms with Crippen molar-refractivity contribution in [2.75, 3.05) is 19.3 Å². The molecule has 24 heavy (non-hydrogen) atoms. The molecule has 2 rings (SSSR count). The van der Waals surface area contributed by atoms with Gasteiger partial charge in [-0.25, -0.2) is 5.09 Å². The van der Waals surface area contributed by atoms with Crippen molar-refractivity contribution in [3.63, 3.8) is 0 Å². The standard InChI is InChI=1S/C19H27BrNO2P/c1-5-21-24(22,23-6-2)13-16-9-10-17(20)12-19(16)18-11-14(3)7-8-15(18)4/h7-11,17H,5-6,12-13H2,1-4H3,(H,21,22). The first-order valence-corrected chi connectivity index (χ1v) is 11.2. The number of allylic oxidation sites excluding steroid dienone is 4. The van der Waals surface area contributed by atoms with Gasteiger partial charge in [0.25, 0.3) is 7.52 Å². The molecule has 132 valence electrons. The summed E-state index contributed by atoms with van der Waals surface area (Å²) in [6.45, 7) is 9.16. The molecule has 0 radical (unpaired) electrons. The largest absolute Gasteiger partial charge is 0.318 e. The van der Waals surface area contributed by atoms with Crippen molar-refractivity contribution in [3.8, 4) is 0 Å². The average molecular weight is 412 g/mol. The van der Waals surface area contributed by atoms with Crippen LogP contribution in [-0.2, 0) is 9.09 Å². The first kappa shape index (κ1) is 19.7. The Morgan fingerprint density at radius 3 is 2.75 bits per heavy atom. The molecule has 0 fully saturated rings. The normalized spacial score (nSPS) is 20.3. The molecule has 0 amide bonds. The van der Waals surface area contributed by atoms with Gasteiger partial charge in [-0.15, -0.1) is 0 Å². The zero-order valence-electron chi connectivity index (χ0n) is 14.9. The predicted molar refractivity (Wildman–Crippen MR) is 107 cm³/mol. The maximum atomic E-state index is 13.1. The van der Waals surface area contributed by atoms with E-state index in [0.717, 1.165) is 12.0 Å². The molecule has 0 saturated heterocycles. The zero-order chi connectivity index (χ0) is 17.7. The minimum Gasteiger partial charge on any atom is -0.318 e. The van der Waals surface area contributed by atoms with Crippen molar-refractivity contribution in [2.45, 2.75) is 38.9 Å². The number of nitrogens with one attached hydrogen (secondary N) is 1. The van der Waals surface area contributed by atoms with Crippen LogP contribution in [0.1, 0.15) is 37.0 Å². The van der Waals surface area contributed by atoms with E-state index < -0.39 is 7.52 Å². The SMILES string of the molecule is CCNP(=O)(CC1=C(c2cc(C)ccc2C)CC(Br)C=C1)OCC. The summed E-state index contributed by atoms with van der Waals surface area (Å²) >= 11 is 3.70. The molecule has 3 nitrogen and oxygen atoms in total. The number of alkyl halides is 1. The van der Waals surface area contributed by atoms with Gasteiger partial charge in [0.2, 0.25) is 0 Å². The van der Waals surface area contributed by atoms with Gasteiger partial charge in [0, 0.05) is 11.4 Å². The molecule has 0 aliphatic heterocycles. The molecule has 1 aromatic carbocycles. The first-order chi connectivity index (χ1) is 11.4. The zero-order valence-corrected chi connectivity index (χ0v) is 17.4. The third-order valence-electron chi connectivity index (χ3n) is 4.13. The lowest BCUT2D eigenvalue weighted by atomic mass is 9.89. The van der Waals surface area contributed by atoms with E-state index in [4.69, 9.17) is 4.52 Å². The van der Waals surface area contributed by atoms with E-state index in [0.29, 0.717) is 24.1 Å². The minimum atomic E-state index is -2.87. The summed E-state index contributed by atoms with van der Waals surface area (Å²) in [4.78, 5) is 0.307. The molecule has 2 atom stereocenters. The van der Waals surface area contributed by atoms with Crippen LogP contribution in [0.2, 0.25) is 0 Å². The molecule has 1 aromatic rings. The molecule has 1 aliphatic rings. The monoisotopic (exact) mass is 411 g/mol. The Hall–Kier alpha value is -0.670. The average Bonchev–Trinajstić information content (AvgIpc) is 2.52. The molecule has 1 aliphatic carbocycles. The Labute approximate surface area is 154 Å². The van der Waals surface area contributed by atoms with Gasteiger partial charge >= 0.3 is 0 Å². The van der Waals surface area contributed by atoms with E-state index in [9.17, 15) is 4.57 Å². The number of hydrogen-bond acceptors (Lipinski definition) is 2. The molecule has 0 bridgehead atoms. The van der Waals surface area contributed by atoms with Crippen molar-refractivity contribution < 1.29 is 9.09 Å². The number of halogens is 1. The Balaban J connectivity index is 2.47. The van der Waals surface area contributed by atoms with Gasteiger partial charge in [-0.3, -0.25) is 4.57 Å². The molecule has 0 saturated carbocycles. The molecular weight excluding hydrogens is 385 g/mol. The van der Waals surface area contributed by atoms with E-state index in [1.165, 1.54) is 22.3 Å². The summed E-state index contributed by atoms with van der Waals surface area (Å²) in [5.74, 6) is 0. The third-order valence-corrected chi connectivity index (χ3v) is 6.99. The van der Waals surface area contributed by atoms with Gasteiger partial charge in [0.05, 0.1) is 12.8 Å². The highest BCUT2D eigenvalue weighted by molar-refractivity contribution is 9.09. The number of rotatable bonds is 7. The van der Waals surface area contributed by atoms with Crippen LogP contribution in [0.3, 0.4) is 0 Å². The van der Waals surface area contributed by atoms with Gasteiger partial charge in [-0.1, -0.05) is 58.8 Å². The molecule has 0 spiro atoms. The van der Waals surface area contributed by atoms with Crippen LogP contribution in [0.15, 0.2) is 35.9 Å². The van der Waals surface area contributed by atoms with E-state index in [-0.39, 0.29) is 0 Å². The molecule has 0 heterocycles. The lowest BCUT2D eigenvalue weighted by molar-refractivity contribution is 0.327. The molecule has 2 unspecified atom stereocenters. The fourth-order valence-corrected chi connectivity index (χ4v) is 5.44. The van der Waals surface area contributed by atoms with Crippen molar-refractivity contribution in [2.24, 2.45) is 0 Å². The van der Waals surface area contributed by atoms with Gasteiger partial charge < -0.3 is 4.52 Å². The molecule has 0 aromatic heterocycles. The highest BCUT2D eigenvalue weighted by atomic mass is 79.9. The van der Waals surface area contributed by atoms with Crippen LogP contribution in [0.4, 0.5) is 0 Å². The van der Waals surface area contributed by atoms with Crippen molar-refractivity contribution in [3.05, 3.63) is 52.6 Å². The second kappa shape index (κ2) is 8.62. The fraction of sp³-hybridized carbons (Fsp3) is 0.474. The van der Waals surface area contributed by atoms with Gasteiger partial charge in [0.1, 0.15) is 0 Å². The maximum Gasteiger partial charge on any atom is 0.274 e. The quantitative estimate of drug-likeness (QED) is 0.467. The number of hydrogen-bond donors (Lipinski definition) is 1. The van der Waals surface area contributed by atoms with Crippen LogP contribution in [0, 0.1) is 13.8 Å². The van der Waals surface area contributed by atoms with E-state index in [1.54, 1.807) is 0 Å². The molecule has 5 heteroatoms. The Morgan fingerprint density at radius 1 is 1.33 bits per heavy atom. The van der Waals surface area contributed by atoms with E-state index in [2.05, 4.69) is 65.2 Å². The predicted octanol–water partition coefficient (Wildman–Crippen LogP) is 5.62. The highest BCUT2D eigenvalue weighted by Crippen LogP contribution is 2.47.